The van der Waals surface area contributed by atoms with Gasteiger partial charge < -0.3 is 0 Å². The summed E-state index contributed by atoms with van der Waals surface area (Å²) in [4.78, 5) is 20.5. The summed E-state index contributed by atoms with van der Waals surface area (Å²) in [5.74, 6) is 0. The van der Waals surface area contributed by atoms with E-state index in [0.717, 1.165) is 128 Å². The molecule has 0 aliphatic heterocycles. The van der Waals surface area contributed by atoms with Crippen molar-refractivity contribution in [1.29, 1.82) is 0 Å². The number of para-hydroxylation sites is 1. The van der Waals surface area contributed by atoms with E-state index in [2.05, 4.69) is 229 Å². The van der Waals surface area contributed by atoms with Crippen LogP contribution < -0.4 is 0 Å². The number of nitrogens with zero attached hydrogens (tertiary/aromatic N) is 5. The molecule has 71 heavy (non-hydrogen) atoms. The summed E-state index contributed by atoms with van der Waals surface area (Å²) >= 11 is 0. The maximum atomic E-state index is 5.29. The third kappa shape index (κ3) is 7.72. The number of aromatic nitrogens is 5. The van der Waals surface area contributed by atoms with Gasteiger partial charge in [-0.2, -0.15) is 0 Å². The molecule has 0 aliphatic rings. The van der Waals surface area contributed by atoms with Crippen LogP contribution in [0.4, 0.5) is 0 Å². The maximum Gasteiger partial charge on any atom is 0.147 e. The van der Waals surface area contributed by atoms with Crippen molar-refractivity contribution in [3.05, 3.63) is 261 Å². The molecule has 0 N–H and O–H groups in total. The molecule has 0 amide bonds. The summed E-state index contributed by atoms with van der Waals surface area (Å²) in [5, 5.41) is 2.07. The van der Waals surface area contributed by atoms with Crippen molar-refractivity contribution < 1.29 is 0 Å². The maximum absolute atomic E-state index is 5.29. The normalized spacial score (nSPS) is 11.4. The zero-order valence-electron chi connectivity index (χ0n) is 38.6. The highest BCUT2D eigenvalue weighted by molar-refractivity contribution is 6.11. The van der Waals surface area contributed by atoms with Crippen molar-refractivity contribution in [1.82, 2.24) is 24.3 Å². The van der Waals surface area contributed by atoms with E-state index in [-0.39, 0.29) is 0 Å². The highest BCUT2D eigenvalue weighted by atomic mass is 15.0. The van der Waals surface area contributed by atoms with E-state index in [9.17, 15) is 0 Å². The predicted octanol–water partition coefficient (Wildman–Crippen LogP) is 16.8. The van der Waals surface area contributed by atoms with Crippen LogP contribution in [0, 0.1) is 0 Å². The highest BCUT2D eigenvalue weighted by Gasteiger charge is 2.19. The number of benzene rings is 8. The first-order valence-corrected chi connectivity index (χ1v) is 23.9. The molecule has 0 aliphatic carbocycles. The van der Waals surface area contributed by atoms with Crippen LogP contribution in [-0.2, 0) is 0 Å². The number of hydrogen-bond donors (Lipinski definition) is 0. The second-order valence-corrected chi connectivity index (χ2v) is 17.9. The summed E-state index contributed by atoms with van der Waals surface area (Å²) in [6, 6.07) is 83.5. The molecule has 0 radical (unpaired) electrons. The summed E-state index contributed by atoms with van der Waals surface area (Å²) < 4.78 is 2.22. The Morgan fingerprint density at radius 1 is 0.268 bits per heavy atom. The minimum absolute atomic E-state index is 0.875. The fourth-order valence-corrected chi connectivity index (χ4v) is 10.1. The topological polar surface area (TPSA) is 56.0 Å². The lowest BCUT2D eigenvalue weighted by Crippen LogP contribution is -1.94. The van der Waals surface area contributed by atoms with E-state index in [1.807, 2.05) is 36.8 Å². The Hall–Kier alpha value is -9.58. The number of rotatable bonds is 9. The van der Waals surface area contributed by atoms with E-state index in [0.29, 0.717) is 0 Å². The summed E-state index contributed by atoms with van der Waals surface area (Å²) in [6.07, 6.45) is 8.17. The Morgan fingerprint density at radius 2 is 0.662 bits per heavy atom. The van der Waals surface area contributed by atoms with Crippen molar-refractivity contribution in [2.75, 3.05) is 0 Å². The summed E-state index contributed by atoms with van der Waals surface area (Å²) in [6.45, 7) is 0. The molecule has 13 aromatic rings. The molecule has 332 valence electrons. The third-order valence-electron chi connectivity index (χ3n) is 13.6. The largest absolute Gasteiger partial charge is 0.298 e. The van der Waals surface area contributed by atoms with Crippen molar-refractivity contribution in [2.45, 2.75) is 0 Å². The minimum atomic E-state index is 0.875. The second-order valence-electron chi connectivity index (χ2n) is 17.9. The van der Waals surface area contributed by atoms with Gasteiger partial charge in [-0.1, -0.05) is 194 Å². The molecule has 0 atom stereocenters. The van der Waals surface area contributed by atoms with Gasteiger partial charge in [-0.25, -0.2) is 4.98 Å². The monoisotopic (exact) mass is 905 g/mol. The summed E-state index contributed by atoms with van der Waals surface area (Å²) in [5.41, 5.74) is 21.9. The van der Waals surface area contributed by atoms with Gasteiger partial charge in [0.05, 0.1) is 28.1 Å². The Kier molecular flexibility index (Phi) is 10.4. The second kappa shape index (κ2) is 17.8. The first-order valence-electron chi connectivity index (χ1n) is 23.9. The van der Waals surface area contributed by atoms with Crippen molar-refractivity contribution in [3.8, 4) is 101 Å². The first kappa shape index (κ1) is 41.6. The van der Waals surface area contributed by atoms with Gasteiger partial charge >= 0.3 is 0 Å². The molecular weight excluding hydrogens is 863 g/mol. The van der Waals surface area contributed by atoms with Crippen molar-refractivity contribution >= 4 is 27.5 Å². The molecule has 0 spiro atoms. The highest BCUT2D eigenvalue weighted by Crippen LogP contribution is 2.43. The molecule has 13 rings (SSSR count). The van der Waals surface area contributed by atoms with Gasteiger partial charge in [0.1, 0.15) is 5.65 Å². The van der Waals surface area contributed by atoms with Crippen LogP contribution >= 0.6 is 0 Å². The van der Waals surface area contributed by atoms with Crippen LogP contribution in [0.2, 0.25) is 0 Å². The average Bonchev–Trinajstić information content (AvgIpc) is 3.93. The van der Waals surface area contributed by atoms with Crippen LogP contribution in [-0.4, -0.2) is 24.3 Å². The lowest BCUT2D eigenvalue weighted by atomic mass is 9.86. The van der Waals surface area contributed by atoms with Crippen molar-refractivity contribution in [2.24, 2.45) is 0 Å². The molecule has 0 saturated carbocycles. The zero-order valence-corrected chi connectivity index (χ0v) is 38.6. The zero-order chi connectivity index (χ0) is 47.1. The van der Waals surface area contributed by atoms with Crippen LogP contribution in [0.1, 0.15) is 0 Å². The Balaban J connectivity index is 0.991. The Bertz CT molecular complexity index is 3930. The van der Waals surface area contributed by atoms with Crippen LogP contribution in [0.15, 0.2) is 261 Å². The van der Waals surface area contributed by atoms with Gasteiger partial charge in [0.25, 0.3) is 0 Å². The fraction of sp³-hybridized carbons (Fsp3) is 0. The molecule has 5 nitrogen and oxygen atoms in total. The SMILES string of the molecule is c1ccc(-c2ccc(-c3ccccc3-c3cc(-c4ccccc4-c4ccc(-c5ccccc5)nc4)cc(-c4ccccc4-c4cnc5c6ccccc6n6cc(-c7ccccc7)nc6c5c4)c3)cn2)cc1. The Labute approximate surface area is 411 Å². The minimum Gasteiger partial charge on any atom is -0.298 e. The molecule has 0 saturated heterocycles. The van der Waals surface area contributed by atoms with Gasteiger partial charge in [0.15, 0.2) is 0 Å². The van der Waals surface area contributed by atoms with Gasteiger partial charge in [-0.05, 0) is 92.5 Å². The number of imidazole rings is 1. The smallest absolute Gasteiger partial charge is 0.147 e. The number of pyridine rings is 4. The molecule has 5 heterocycles. The number of fused-ring (bicyclic) bond motifs is 6. The molecular formula is C66H43N5. The first-order chi connectivity index (χ1) is 35.2. The quantitative estimate of drug-likeness (QED) is 0.135. The van der Waals surface area contributed by atoms with Crippen LogP contribution in [0.25, 0.3) is 128 Å². The molecule has 0 unspecified atom stereocenters. The molecule has 8 aromatic carbocycles. The lowest BCUT2D eigenvalue weighted by molar-refractivity contribution is 1.26. The van der Waals surface area contributed by atoms with E-state index in [1.165, 1.54) is 0 Å². The fourth-order valence-electron chi connectivity index (χ4n) is 10.1. The third-order valence-corrected chi connectivity index (χ3v) is 13.6. The van der Waals surface area contributed by atoms with Crippen LogP contribution in [0.5, 0.6) is 0 Å². The van der Waals surface area contributed by atoms with Gasteiger partial charge in [0.2, 0.25) is 0 Å². The lowest BCUT2D eigenvalue weighted by Gasteiger charge is -2.18. The van der Waals surface area contributed by atoms with Crippen LogP contribution in [0.3, 0.4) is 0 Å². The standard InChI is InChI=1S/C66H43N5/c1-4-18-44(19-5-1)61-34-32-47(40-67-61)53-24-10-12-26-55(53)49-36-50(56-27-13-11-25-54(56)48-33-35-62(68-41-48)45-20-6-2-7-21-45)38-51(37-49)57-28-14-15-29-58(57)52-39-60-65(69-42-52)59-30-16-17-31-64(59)71-43-63(70-66(60)71)46-22-8-3-9-23-46/h1-43H. The van der Waals surface area contributed by atoms with E-state index in [4.69, 9.17) is 19.9 Å². The van der Waals surface area contributed by atoms with E-state index in [1.54, 1.807) is 0 Å². The molecule has 5 aromatic heterocycles. The predicted molar refractivity (Wildman–Crippen MR) is 293 cm³/mol. The van der Waals surface area contributed by atoms with E-state index < -0.39 is 0 Å². The van der Waals surface area contributed by atoms with E-state index >= 15 is 0 Å². The van der Waals surface area contributed by atoms with Gasteiger partial charge in [-0.3, -0.25) is 19.4 Å². The molecule has 5 heteroatoms. The molecule has 0 bridgehead atoms. The molecule has 0 fully saturated rings. The van der Waals surface area contributed by atoms with Crippen molar-refractivity contribution in [3.63, 3.8) is 0 Å². The van der Waals surface area contributed by atoms with Gasteiger partial charge in [-0.15, -0.1) is 0 Å². The Morgan fingerprint density at radius 3 is 1.13 bits per heavy atom. The summed E-state index contributed by atoms with van der Waals surface area (Å²) in [7, 11) is 0. The number of hydrogen-bond acceptors (Lipinski definition) is 4. The van der Waals surface area contributed by atoms with Gasteiger partial charge in [0, 0.05) is 68.9 Å². The average molecular weight is 906 g/mol.